The first-order chi connectivity index (χ1) is 10.6. The van der Waals surface area contributed by atoms with Crippen LogP contribution in [0, 0.1) is 44.7 Å². The topological polar surface area (TPSA) is 78.0 Å². The summed E-state index contributed by atoms with van der Waals surface area (Å²) >= 11 is 0. The first-order valence-electron chi connectivity index (χ1n) is 7.44. The van der Waals surface area contributed by atoms with Crippen LogP contribution in [0.2, 0.25) is 0 Å². The van der Waals surface area contributed by atoms with E-state index in [2.05, 4.69) is 5.10 Å². The molecule has 0 radical (unpaired) electrons. The van der Waals surface area contributed by atoms with Gasteiger partial charge in [-0.3, -0.25) is 19.6 Å². The number of rotatable bonds is 4. The predicted octanol–water partition coefficient (Wildman–Crippen LogP) is 3.58. The SMILES string of the molecule is CC(=O)c1c(C)cc(C)c(Cn2nc(C)c([N+](=O)[O-])c2C)c1C. The van der Waals surface area contributed by atoms with Crippen molar-refractivity contribution < 1.29 is 9.72 Å². The smallest absolute Gasteiger partial charge is 0.294 e. The summed E-state index contributed by atoms with van der Waals surface area (Å²) in [5.74, 6) is 0.0283. The molecule has 0 amide bonds. The van der Waals surface area contributed by atoms with Crippen molar-refractivity contribution in [3.63, 3.8) is 0 Å². The Morgan fingerprint density at radius 1 is 1.22 bits per heavy atom. The molecule has 0 aliphatic rings. The van der Waals surface area contributed by atoms with Crippen LogP contribution in [0.4, 0.5) is 5.69 Å². The molecule has 6 nitrogen and oxygen atoms in total. The van der Waals surface area contributed by atoms with Crippen molar-refractivity contribution in [2.24, 2.45) is 0 Å². The van der Waals surface area contributed by atoms with Crippen LogP contribution in [0.1, 0.15) is 50.9 Å². The quantitative estimate of drug-likeness (QED) is 0.491. The maximum atomic E-state index is 11.9. The number of hydrogen-bond acceptors (Lipinski definition) is 4. The van der Waals surface area contributed by atoms with Crippen molar-refractivity contribution in [3.05, 3.63) is 55.4 Å². The number of carbonyl (C=O) groups excluding carboxylic acids is 1. The van der Waals surface area contributed by atoms with Gasteiger partial charge in [0.15, 0.2) is 5.78 Å². The number of nitrogens with zero attached hydrogens (tertiary/aromatic N) is 3. The summed E-state index contributed by atoms with van der Waals surface area (Å²) < 4.78 is 1.64. The van der Waals surface area contributed by atoms with E-state index in [9.17, 15) is 14.9 Å². The number of benzene rings is 1. The van der Waals surface area contributed by atoms with Crippen molar-refractivity contribution in [2.45, 2.75) is 48.1 Å². The summed E-state index contributed by atoms with van der Waals surface area (Å²) in [7, 11) is 0. The summed E-state index contributed by atoms with van der Waals surface area (Å²) in [5, 5.41) is 15.4. The standard InChI is InChI=1S/C17H21N3O3/c1-9-7-10(2)16(14(6)21)11(3)15(9)8-19-13(5)17(20(22)23)12(4)18-19/h7H,8H2,1-6H3. The third-order valence-corrected chi connectivity index (χ3v) is 4.32. The number of aromatic nitrogens is 2. The Labute approximate surface area is 135 Å². The zero-order chi connectivity index (χ0) is 17.5. The molecule has 0 saturated heterocycles. The van der Waals surface area contributed by atoms with Gasteiger partial charge in [0.1, 0.15) is 11.4 Å². The highest BCUT2D eigenvalue weighted by Crippen LogP contribution is 2.27. The molecule has 1 heterocycles. The van der Waals surface area contributed by atoms with E-state index < -0.39 is 4.92 Å². The first kappa shape index (κ1) is 16.9. The highest BCUT2D eigenvalue weighted by atomic mass is 16.6. The van der Waals surface area contributed by atoms with Crippen LogP contribution in [0.25, 0.3) is 0 Å². The molecule has 0 fully saturated rings. The van der Waals surface area contributed by atoms with E-state index in [1.54, 1.807) is 25.5 Å². The number of hydrogen-bond donors (Lipinski definition) is 0. The molecule has 0 aliphatic carbocycles. The Kier molecular flexibility index (Phi) is 4.36. The molecule has 2 aromatic rings. The normalized spacial score (nSPS) is 10.9. The Bertz CT molecular complexity index is 819. The Morgan fingerprint density at radius 2 is 1.83 bits per heavy atom. The molecule has 0 atom stereocenters. The molecule has 0 N–H and O–H groups in total. The Morgan fingerprint density at radius 3 is 2.30 bits per heavy atom. The van der Waals surface area contributed by atoms with Gasteiger partial charge in [-0.2, -0.15) is 5.10 Å². The first-order valence-corrected chi connectivity index (χ1v) is 7.44. The minimum Gasteiger partial charge on any atom is -0.294 e. The van der Waals surface area contributed by atoms with E-state index in [1.165, 1.54) is 0 Å². The van der Waals surface area contributed by atoms with Crippen LogP contribution >= 0.6 is 0 Å². The summed E-state index contributed by atoms with van der Waals surface area (Å²) in [6.45, 7) is 11.1. The molecule has 6 heteroatoms. The lowest BCUT2D eigenvalue weighted by molar-refractivity contribution is -0.386. The van der Waals surface area contributed by atoms with Crippen LogP contribution in [-0.2, 0) is 6.54 Å². The lowest BCUT2D eigenvalue weighted by Crippen LogP contribution is -2.11. The monoisotopic (exact) mass is 315 g/mol. The lowest BCUT2D eigenvalue weighted by atomic mass is 9.91. The molecule has 122 valence electrons. The average molecular weight is 315 g/mol. The zero-order valence-corrected chi connectivity index (χ0v) is 14.4. The highest BCUT2D eigenvalue weighted by Gasteiger charge is 2.23. The van der Waals surface area contributed by atoms with Gasteiger partial charge in [-0.25, -0.2) is 0 Å². The van der Waals surface area contributed by atoms with Crippen LogP contribution in [0.15, 0.2) is 6.07 Å². The molecule has 1 aromatic carbocycles. The minimum atomic E-state index is -0.399. The fourth-order valence-corrected chi connectivity index (χ4v) is 3.27. The summed E-state index contributed by atoms with van der Waals surface area (Å²) in [5.41, 5.74) is 5.63. The van der Waals surface area contributed by atoms with Gasteiger partial charge in [0.2, 0.25) is 0 Å². The van der Waals surface area contributed by atoms with Crippen molar-refractivity contribution in [3.8, 4) is 0 Å². The van der Waals surface area contributed by atoms with Crippen LogP contribution in [0.5, 0.6) is 0 Å². The second-order valence-electron chi connectivity index (χ2n) is 5.98. The third-order valence-electron chi connectivity index (χ3n) is 4.32. The number of Topliss-reactive ketones (excluding diaryl/α,β-unsaturated/α-hetero) is 1. The summed E-state index contributed by atoms with van der Waals surface area (Å²) in [4.78, 5) is 22.6. The van der Waals surface area contributed by atoms with Crippen LogP contribution in [0.3, 0.4) is 0 Å². The van der Waals surface area contributed by atoms with Gasteiger partial charge < -0.3 is 0 Å². The molecule has 23 heavy (non-hydrogen) atoms. The van der Waals surface area contributed by atoms with Gasteiger partial charge in [0.25, 0.3) is 0 Å². The Balaban J connectivity index is 2.58. The van der Waals surface area contributed by atoms with E-state index in [4.69, 9.17) is 0 Å². The number of carbonyl (C=O) groups is 1. The van der Waals surface area contributed by atoms with Crippen molar-refractivity contribution in [1.29, 1.82) is 0 Å². The second kappa shape index (κ2) is 5.95. The maximum absolute atomic E-state index is 11.9. The highest BCUT2D eigenvalue weighted by molar-refractivity contribution is 5.97. The number of ketones is 1. The van der Waals surface area contributed by atoms with Gasteiger partial charge in [-0.15, -0.1) is 0 Å². The van der Waals surface area contributed by atoms with Gasteiger partial charge >= 0.3 is 5.69 Å². The van der Waals surface area contributed by atoms with Gasteiger partial charge in [-0.05, 0) is 63.8 Å². The average Bonchev–Trinajstić information content (AvgIpc) is 2.68. The molecule has 0 spiro atoms. The molecule has 0 bridgehead atoms. The summed E-state index contributed by atoms with van der Waals surface area (Å²) in [6, 6.07) is 1.99. The van der Waals surface area contributed by atoms with E-state index in [1.807, 2.05) is 26.8 Å². The van der Waals surface area contributed by atoms with E-state index >= 15 is 0 Å². The zero-order valence-electron chi connectivity index (χ0n) is 14.4. The third kappa shape index (κ3) is 2.88. The molecule has 0 saturated carbocycles. The molecular weight excluding hydrogens is 294 g/mol. The van der Waals surface area contributed by atoms with Gasteiger partial charge in [0, 0.05) is 5.56 Å². The van der Waals surface area contributed by atoms with E-state index in [0.717, 1.165) is 27.8 Å². The molecular formula is C17H21N3O3. The van der Waals surface area contributed by atoms with Crippen molar-refractivity contribution in [2.75, 3.05) is 0 Å². The van der Waals surface area contributed by atoms with Gasteiger partial charge in [0.05, 0.1) is 11.5 Å². The van der Waals surface area contributed by atoms with E-state index in [0.29, 0.717) is 17.9 Å². The van der Waals surface area contributed by atoms with Crippen LogP contribution < -0.4 is 0 Å². The lowest BCUT2D eigenvalue weighted by Gasteiger charge is -2.16. The fourth-order valence-electron chi connectivity index (χ4n) is 3.27. The maximum Gasteiger partial charge on any atom is 0.312 e. The molecule has 2 rings (SSSR count). The number of nitro groups is 1. The molecule has 0 unspecified atom stereocenters. The van der Waals surface area contributed by atoms with Crippen molar-refractivity contribution in [1.82, 2.24) is 9.78 Å². The minimum absolute atomic E-state index is 0.0283. The summed E-state index contributed by atoms with van der Waals surface area (Å²) in [6.07, 6.45) is 0. The number of aryl methyl sites for hydroxylation is 3. The predicted molar refractivity (Wildman–Crippen MR) is 88.1 cm³/mol. The Hall–Kier alpha value is -2.50. The van der Waals surface area contributed by atoms with Crippen molar-refractivity contribution >= 4 is 11.5 Å². The van der Waals surface area contributed by atoms with Gasteiger partial charge in [-0.1, -0.05) is 6.07 Å². The second-order valence-corrected chi connectivity index (χ2v) is 5.98. The molecule has 1 aromatic heterocycles. The van der Waals surface area contributed by atoms with Crippen LogP contribution in [-0.4, -0.2) is 20.5 Å². The fraction of sp³-hybridized carbons (Fsp3) is 0.412. The largest absolute Gasteiger partial charge is 0.312 e. The molecule has 0 aliphatic heterocycles. The van der Waals surface area contributed by atoms with E-state index in [-0.39, 0.29) is 11.5 Å².